The fourth-order valence-electron chi connectivity index (χ4n) is 2.14. The molecular weight excluding hydrogens is 228 g/mol. The van der Waals surface area contributed by atoms with E-state index in [0.29, 0.717) is 6.42 Å². The van der Waals surface area contributed by atoms with Gasteiger partial charge in [-0.05, 0) is 43.5 Å². The van der Waals surface area contributed by atoms with E-state index in [4.69, 9.17) is 4.74 Å². The van der Waals surface area contributed by atoms with Gasteiger partial charge in [0.1, 0.15) is 6.04 Å². The summed E-state index contributed by atoms with van der Waals surface area (Å²) in [5.74, 6) is -0.227. The van der Waals surface area contributed by atoms with Gasteiger partial charge in [0.2, 0.25) is 0 Å². The predicted molar refractivity (Wildman–Crippen MR) is 70.6 cm³/mol. The lowest BCUT2D eigenvalue weighted by Crippen LogP contribution is -2.19. The Bertz CT molecular complexity index is 587. The van der Waals surface area contributed by atoms with Crippen LogP contribution >= 0.6 is 0 Å². The Hall–Kier alpha value is -1.84. The van der Waals surface area contributed by atoms with Crippen LogP contribution in [0.1, 0.15) is 30.5 Å². The summed E-state index contributed by atoms with van der Waals surface area (Å²) >= 11 is 0. The number of aromatic nitrogens is 2. The third kappa shape index (κ3) is 1.98. The fourth-order valence-corrected chi connectivity index (χ4v) is 2.14. The van der Waals surface area contributed by atoms with E-state index in [0.717, 1.165) is 11.0 Å². The van der Waals surface area contributed by atoms with E-state index >= 15 is 0 Å². The average Bonchev–Trinajstić information content (AvgIpc) is 2.74. The number of methoxy groups -OCH3 is 1. The van der Waals surface area contributed by atoms with Crippen molar-refractivity contribution in [2.24, 2.45) is 0 Å². The van der Waals surface area contributed by atoms with Gasteiger partial charge in [0.15, 0.2) is 0 Å². The maximum atomic E-state index is 11.8. The molecule has 0 saturated heterocycles. The number of benzene rings is 1. The Morgan fingerprint density at radius 3 is 2.67 bits per heavy atom. The number of aryl methyl sites for hydroxylation is 2. The quantitative estimate of drug-likeness (QED) is 0.782. The van der Waals surface area contributed by atoms with Crippen LogP contribution in [-0.4, -0.2) is 22.6 Å². The van der Waals surface area contributed by atoms with E-state index in [9.17, 15) is 4.79 Å². The minimum Gasteiger partial charge on any atom is -0.467 e. The predicted octanol–water partition coefficient (Wildman–Crippen LogP) is 2.78. The van der Waals surface area contributed by atoms with E-state index in [1.807, 2.05) is 17.6 Å². The molecule has 1 aromatic carbocycles. The fraction of sp³-hybridized carbons (Fsp3) is 0.429. The topological polar surface area (TPSA) is 44.1 Å². The minimum absolute atomic E-state index is 0.227. The zero-order valence-electron chi connectivity index (χ0n) is 11.2. The van der Waals surface area contributed by atoms with Crippen molar-refractivity contribution in [3.8, 4) is 0 Å². The highest BCUT2D eigenvalue weighted by Gasteiger charge is 2.21. The van der Waals surface area contributed by atoms with Gasteiger partial charge in [-0.2, -0.15) is 0 Å². The van der Waals surface area contributed by atoms with Gasteiger partial charge in [0.05, 0.1) is 24.5 Å². The monoisotopic (exact) mass is 246 g/mol. The molecule has 0 radical (unpaired) electrons. The molecule has 1 atom stereocenters. The SMILES string of the molecule is CCC(C(=O)OC)n1cnc2cc(C)c(C)cc21. The summed E-state index contributed by atoms with van der Waals surface area (Å²) in [5, 5.41) is 0. The van der Waals surface area contributed by atoms with E-state index in [2.05, 4.69) is 24.9 Å². The number of imidazole rings is 1. The summed E-state index contributed by atoms with van der Waals surface area (Å²) in [6.07, 6.45) is 2.40. The van der Waals surface area contributed by atoms with Gasteiger partial charge < -0.3 is 9.30 Å². The van der Waals surface area contributed by atoms with E-state index < -0.39 is 0 Å². The van der Waals surface area contributed by atoms with Crippen molar-refractivity contribution in [3.05, 3.63) is 29.6 Å². The number of esters is 1. The van der Waals surface area contributed by atoms with Crippen molar-refractivity contribution in [2.75, 3.05) is 7.11 Å². The Morgan fingerprint density at radius 2 is 2.06 bits per heavy atom. The molecule has 0 fully saturated rings. The third-order valence-corrected chi connectivity index (χ3v) is 3.39. The van der Waals surface area contributed by atoms with E-state index in [-0.39, 0.29) is 12.0 Å². The first-order chi connectivity index (χ1) is 8.58. The number of rotatable bonds is 3. The highest BCUT2D eigenvalue weighted by atomic mass is 16.5. The lowest BCUT2D eigenvalue weighted by molar-refractivity contribution is -0.144. The number of hydrogen-bond donors (Lipinski definition) is 0. The molecule has 0 saturated carbocycles. The van der Waals surface area contributed by atoms with Gasteiger partial charge in [0.25, 0.3) is 0 Å². The molecule has 0 aliphatic rings. The molecule has 0 bridgehead atoms. The molecule has 18 heavy (non-hydrogen) atoms. The van der Waals surface area contributed by atoms with Crippen molar-refractivity contribution < 1.29 is 9.53 Å². The summed E-state index contributed by atoms with van der Waals surface area (Å²) in [7, 11) is 1.42. The van der Waals surface area contributed by atoms with Gasteiger partial charge in [-0.3, -0.25) is 0 Å². The normalized spacial score (nSPS) is 12.7. The van der Waals surface area contributed by atoms with Crippen molar-refractivity contribution >= 4 is 17.0 Å². The molecular formula is C14H18N2O2. The van der Waals surface area contributed by atoms with Crippen LogP contribution in [0.3, 0.4) is 0 Å². The molecule has 4 heteroatoms. The number of carbonyl (C=O) groups excluding carboxylic acids is 1. The van der Waals surface area contributed by atoms with Gasteiger partial charge >= 0.3 is 5.97 Å². The molecule has 96 valence electrons. The highest BCUT2D eigenvalue weighted by Crippen LogP contribution is 2.23. The Kier molecular flexibility index (Phi) is 3.36. The van der Waals surface area contributed by atoms with Crippen LogP contribution in [0.15, 0.2) is 18.5 Å². The minimum atomic E-state index is -0.304. The molecule has 2 rings (SSSR count). The molecule has 2 aromatic rings. The van der Waals surface area contributed by atoms with Gasteiger partial charge in [-0.25, -0.2) is 9.78 Å². The lowest BCUT2D eigenvalue weighted by atomic mass is 10.1. The van der Waals surface area contributed by atoms with Crippen LogP contribution in [0.5, 0.6) is 0 Å². The van der Waals surface area contributed by atoms with Gasteiger partial charge in [0, 0.05) is 0 Å². The summed E-state index contributed by atoms with van der Waals surface area (Å²) in [5.41, 5.74) is 4.30. The van der Waals surface area contributed by atoms with Crippen LogP contribution in [-0.2, 0) is 9.53 Å². The molecule has 0 N–H and O–H groups in total. The second-order valence-corrected chi connectivity index (χ2v) is 4.52. The summed E-state index contributed by atoms with van der Waals surface area (Å²) in [6, 6.07) is 3.82. The maximum Gasteiger partial charge on any atom is 0.328 e. The van der Waals surface area contributed by atoms with Crippen LogP contribution < -0.4 is 0 Å². The third-order valence-electron chi connectivity index (χ3n) is 3.39. The smallest absolute Gasteiger partial charge is 0.328 e. The number of ether oxygens (including phenoxy) is 1. The summed E-state index contributed by atoms with van der Waals surface area (Å²) in [4.78, 5) is 16.1. The number of nitrogens with zero attached hydrogens (tertiary/aromatic N) is 2. The lowest BCUT2D eigenvalue weighted by Gasteiger charge is -2.15. The molecule has 1 heterocycles. The first-order valence-electron chi connectivity index (χ1n) is 6.10. The van der Waals surface area contributed by atoms with Crippen LogP contribution in [0.25, 0.3) is 11.0 Å². The van der Waals surface area contributed by atoms with Crippen LogP contribution in [0.4, 0.5) is 0 Å². The molecule has 4 nitrogen and oxygen atoms in total. The van der Waals surface area contributed by atoms with E-state index in [1.54, 1.807) is 6.33 Å². The molecule has 0 aliphatic heterocycles. The standard InChI is InChI=1S/C14H18N2O2/c1-5-12(14(17)18-4)16-8-15-11-6-9(2)10(3)7-13(11)16/h6-8,12H,5H2,1-4H3. The zero-order valence-corrected chi connectivity index (χ0v) is 11.2. The average molecular weight is 246 g/mol. The molecule has 0 aliphatic carbocycles. The maximum absolute atomic E-state index is 11.8. The zero-order chi connectivity index (χ0) is 13.3. The molecule has 1 aromatic heterocycles. The van der Waals surface area contributed by atoms with E-state index in [1.165, 1.54) is 18.2 Å². The number of carbonyl (C=O) groups is 1. The Morgan fingerprint density at radius 1 is 1.39 bits per heavy atom. The highest BCUT2D eigenvalue weighted by molar-refractivity contribution is 5.81. The number of hydrogen-bond acceptors (Lipinski definition) is 3. The first-order valence-corrected chi connectivity index (χ1v) is 6.10. The van der Waals surface area contributed by atoms with Gasteiger partial charge in [-0.1, -0.05) is 6.92 Å². The molecule has 0 amide bonds. The second-order valence-electron chi connectivity index (χ2n) is 4.52. The second kappa shape index (κ2) is 4.80. The number of fused-ring (bicyclic) bond motifs is 1. The Labute approximate surface area is 107 Å². The molecule has 0 spiro atoms. The van der Waals surface area contributed by atoms with Crippen molar-refractivity contribution in [2.45, 2.75) is 33.2 Å². The van der Waals surface area contributed by atoms with Crippen molar-refractivity contribution in [1.82, 2.24) is 9.55 Å². The largest absolute Gasteiger partial charge is 0.467 e. The Balaban J connectivity index is 2.57. The van der Waals surface area contributed by atoms with Gasteiger partial charge in [-0.15, -0.1) is 0 Å². The summed E-state index contributed by atoms with van der Waals surface area (Å²) in [6.45, 7) is 6.09. The van der Waals surface area contributed by atoms with Crippen molar-refractivity contribution in [3.63, 3.8) is 0 Å². The first kappa shape index (κ1) is 12.6. The van der Waals surface area contributed by atoms with Crippen LogP contribution in [0, 0.1) is 13.8 Å². The molecule has 1 unspecified atom stereocenters. The van der Waals surface area contributed by atoms with Crippen molar-refractivity contribution in [1.29, 1.82) is 0 Å². The van der Waals surface area contributed by atoms with Crippen LogP contribution in [0.2, 0.25) is 0 Å². The summed E-state index contributed by atoms with van der Waals surface area (Å²) < 4.78 is 6.74.